The summed E-state index contributed by atoms with van der Waals surface area (Å²) in [5, 5.41) is 0. The highest BCUT2D eigenvalue weighted by Gasteiger charge is 2.22. The minimum atomic E-state index is -4.66. The van der Waals surface area contributed by atoms with Crippen LogP contribution in [0.5, 0.6) is 0 Å². The van der Waals surface area contributed by atoms with Crippen molar-refractivity contribution in [3.63, 3.8) is 0 Å². The van der Waals surface area contributed by atoms with Crippen molar-refractivity contribution < 1.29 is 42.1 Å². The Kier molecular flexibility index (Phi) is 64.0. The predicted molar refractivity (Wildman–Crippen MR) is 369 cm³/mol. The monoisotopic (exact) mass is 1220 g/mol. The molecule has 0 N–H and O–H groups in total. The minimum Gasteiger partial charge on any atom is -0.756 e. The maximum absolute atomic E-state index is 12.8. The first kappa shape index (κ1) is 82.9. The normalized spacial score (nSPS) is 13.7. The third kappa shape index (κ3) is 70.0. The van der Waals surface area contributed by atoms with Crippen molar-refractivity contribution in [2.24, 2.45) is 0 Å². The van der Waals surface area contributed by atoms with Crippen LogP contribution in [-0.4, -0.2) is 70.0 Å². The Morgan fingerprint density at radius 2 is 0.663 bits per heavy atom. The fourth-order valence-electron chi connectivity index (χ4n) is 10.1. The second kappa shape index (κ2) is 66.4. The van der Waals surface area contributed by atoms with Gasteiger partial charge in [-0.05, 0) is 96.3 Å². The number of rotatable bonds is 66. The average Bonchev–Trinajstić information content (AvgIpc) is 3.67. The van der Waals surface area contributed by atoms with Crippen LogP contribution < -0.4 is 4.89 Å². The molecule has 0 radical (unpaired) electrons. The second-order valence-corrected chi connectivity index (χ2v) is 26.6. The summed E-state index contributed by atoms with van der Waals surface area (Å²) in [5.41, 5.74) is 0. The number of hydrogen-bond acceptors (Lipinski definition) is 8. The molecule has 498 valence electrons. The summed E-state index contributed by atoms with van der Waals surface area (Å²) in [4.78, 5) is 38.0. The van der Waals surface area contributed by atoms with Crippen LogP contribution >= 0.6 is 7.82 Å². The molecule has 0 rings (SSSR count). The molecule has 0 aliphatic carbocycles. The standard InChI is InChI=1S/C76H136NO8P/c1-6-8-10-12-14-16-18-20-22-24-26-28-29-30-31-32-33-34-35-36-37-38-39-40-41-42-43-44-45-46-47-49-50-52-54-56-58-60-62-64-66-68-75(78)82-72-74(73-84-86(80,81)83-71-70-77(3,4)5)85-76(79)69-67-65-63-61-59-57-55-53-51-48-27-25-23-21-19-17-15-13-11-9-7-2/h9,11,15,17-18,20-21,23-24,26-27,48,53,55,59,61,74H,6-8,10,12-14,16,19,22,25,28-47,49-52,54,56-58,60,62-73H2,1-5H3/b11-9-,17-15-,20-18-,23-21-,26-24-,48-27-,55-53-,61-59-. The maximum Gasteiger partial charge on any atom is 0.306 e. The van der Waals surface area contributed by atoms with Gasteiger partial charge in [0.25, 0.3) is 7.82 Å². The quantitative estimate of drug-likeness (QED) is 0.0195. The lowest BCUT2D eigenvalue weighted by Crippen LogP contribution is -2.37. The Morgan fingerprint density at radius 3 is 1.01 bits per heavy atom. The number of quaternary nitrogens is 1. The van der Waals surface area contributed by atoms with Crippen molar-refractivity contribution in [3.05, 3.63) is 97.2 Å². The highest BCUT2D eigenvalue weighted by atomic mass is 31.2. The summed E-state index contributed by atoms with van der Waals surface area (Å²) >= 11 is 0. The van der Waals surface area contributed by atoms with Crippen molar-refractivity contribution in [2.75, 3.05) is 47.5 Å². The molecular formula is C76H136NO8P. The SMILES string of the molecule is CC/C=C\C/C=C\C/C=C\C/C=C\C/C=C\C/C=C\CCCCC(=O)OC(COC(=O)CCCCCCCCCCCCCCCCCCCCCCCCCCCCCCC/C=C\C/C=C\CCCCCCC)COP(=O)([O-])OCC[N+](C)(C)C. The number of hydrogen-bond donors (Lipinski definition) is 0. The molecule has 0 spiro atoms. The predicted octanol–water partition coefficient (Wildman–Crippen LogP) is 22.9. The van der Waals surface area contributed by atoms with E-state index in [2.05, 4.69) is 111 Å². The third-order valence-electron chi connectivity index (χ3n) is 15.6. The van der Waals surface area contributed by atoms with Gasteiger partial charge in [0, 0.05) is 12.8 Å². The third-order valence-corrected chi connectivity index (χ3v) is 16.6. The van der Waals surface area contributed by atoms with Gasteiger partial charge in [0.2, 0.25) is 0 Å². The number of phosphoric acid groups is 1. The topological polar surface area (TPSA) is 111 Å². The molecule has 0 fully saturated rings. The molecule has 0 aromatic rings. The van der Waals surface area contributed by atoms with E-state index in [4.69, 9.17) is 18.5 Å². The van der Waals surface area contributed by atoms with Gasteiger partial charge in [0.1, 0.15) is 19.8 Å². The Balaban J connectivity index is 3.94. The maximum atomic E-state index is 12.8. The van der Waals surface area contributed by atoms with Crippen molar-refractivity contribution >= 4 is 19.8 Å². The molecule has 0 aromatic heterocycles. The van der Waals surface area contributed by atoms with Crippen molar-refractivity contribution in [1.82, 2.24) is 0 Å². The number of likely N-dealkylation sites (N-methyl/N-ethyl adjacent to an activating group) is 1. The largest absolute Gasteiger partial charge is 0.756 e. The highest BCUT2D eigenvalue weighted by Crippen LogP contribution is 2.38. The van der Waals surface area contributed by atoms with E-state index in [1.54, 1.807) is 0 Å². The van der Waals surface area contributed by atoms with Crippen LogP contribution in [0.1, 0.15) is 322 Å². The first-order valence-electron chi connectivity index (χ1n) is 35.9. The molecule has 9 nitrogen and oxygen atoms in total. The zero-order chi connectivity index (χ0) is 62.6. The second-order valence-electron chi connectivity index (χ2n) is 25.2. The number of allylic oxidation sites excluding steroid dienone is 16. The Morgan fingerprint density at radius 1 is 0.372 bits per heavy atom. The van der Waals surface area contributed by atoms with Gasteiger partial charge in [-0.2, -0.15) is 0 Å². The van der Waals surface area contributed by atoms with E-state index < -0.39 is 32.5 Å². The molecule has 0 aromatic carbocycles. The summed E-state index contributed by atoms with van der Waals surface area (Å²) in [6.45, 7) is 4.09. The first-order chi connectivity index (χ1) is 42.0. The number of carbonyl (C=O) groups excluding carboxylic acids is 2. The summed E-state index contributed by atoms with van der Waals surface area (Å²) in [7, 11) is 1.14. The molecule has 0 aliphatic rings. The van der Waals surface area contributed by atoms with Crippen molar-refractivity contribution in [2.45, 2.75) is 328 Å². The summed E-state index contributed by atoms with van der Waals surface area (Å²) in [6, 6.07) is 0. The van der Waals surface area contributed by atoms with Gasteiger partial charge >= 0.3 is 11.9 Å². The Bertz CT molecular complexity index is 1770. The molecular weight excluding hydrogens is 1090 g/mol. The average molecular weight is 1220 g/mol. The molecule has 10 heteroatoms. The first-order valence-corrected chi connectivity index (χ1v) is 37.4. The fourth-order valence-corrected chi connectivity index (χ4v) is 10.8. The van der Waals surface area contributed by atoms with E-state index in [-0.39, 0.29) is 26.1 Å². The van der Waals surface area contributed by atoms with Gasteiger partial charge in [-0.3, -0.25) is 14.2 Å². The van der Waals surface area contributed by atoms with Crippen LogP contribution in [0.2, 0.25) is 0 Å². The minimum absolute atomic E-state index is 0.0425. The highest BCUT2D eigenvalue weighted by molar-refractivity contribution is 7.45. The molecule has 2 unspecified atom stereocenters. The molecule has 0 aliphatic heterocycles. The number of carbonyl (C=O) groups is 2. The fraction of sp³-hybridized carbons (Fsp3) is 0.763. The summed E-state index contributed by atoms with van der Waals surface area (Å²) in [5.74, 6) is -0.878. The van der Waals surface area contributed by atoms with Crippen LogP contribution in [0.4, 0.5) is 0 Å². The number of ether oxygens (including phenoxy) is 2. The number of nitrogens with zero attached hydrogens (tertiary/aromatic N) is 1. The van der Waals surface area contributed by atoms with E-state index in [9.17, 15) is 19.0 Å². The number of unbranched alkanes of at least 4 members (excludes halogenated alkanes) is 36. The lowest BCUT2D eigenvalue weighted by Gasteiger charge is -2.28. The Hall–Kier alpha value is -3.07. The van der Waals surface area contributed by atoms with E-state index in [1.807, 2.05) is 21.1 Å². The number of phosphoric ester groups is 1. The number of esters is 2. The Labute approximate surface area is 532 Å². The zero-order valence-electron chi connectivity index (χ0n) is 56.7. The molecule has 86 heavy (non-hydrogen) atoms. The van der Waals surface area contributed by atoms with Crippen LogP contribution in [0.15, 0.2) is 97.2 Å². The van der Waals surface area contributed by atoms with Gasteiger partial charge in [-0.15, -0.1) is 0 Å². The summed E-state index contributed by atoms with van der Waals surface area (Å²) < 4.78 is 34.2. The van der Waals surface area contributed by atoms with E-state index in [0.29, 0.717) is 17.4 Å². The van der Waals surface area contributed by atoms with Crippen LogP contribution in [-0.2, 0) is 32.7 Å². The molecule has 2 atom stereocenters. The van der Waals surface area contributed by atoms with Crippen LogP contribution in [0.3, 0.4) is 0 Å². The molecule has 0 amide bonds. The molecule has 0 heterocycles. The lowest BCUT2D eigenvalue weighted by molar-refractivity contribution is -0.870. The van der Waals surface area contributed by atoms with Gasteiger partial charge in [-0.25, -0.2) is 0 Å². The van der Waals surface area contributed by atoms with E-state index >= 15 is 0 Å². The van der Waals surface area contributed by atoms with Gasteiger partial charge in [0.05, 0.1) is 27.7 Å². The lowest BCUT2D eigenvalue weighted by atomic mass is 10.0. The molecule has 0 saturated heterocycles. The van der Waals surface area contributed by atoms with Crippen LogP contribution in [0, 0.1) is 0 Å². The molecule has 0 saturated carbocycles. The van der Waals surface area contributed by atoms with Gasteiger partial charge < -0.3 is 27.9 Å². The molecule has 0 bridgehead atoms. The van der Waals surface area contributed by atoms with E-state index in [0.717, 1.165) is 77.0 Å². The smallest absolute Gasteiger partial charge is 0.306 e. The van der Waals surface area contributed by atoms with Gasteiger partial charge in [0.15, 0.2) is 6.10 Å². The van der Waals surface area contributed by atoms with Crippen molar-refractivity contribution in [1.29, 1.82) is 0 Å². The van der Waals surface area contributed by atoms with Gasteiger partial charge in [-0.1, -0.05) is 310 Å². The zero-order valence-corrected chi connectivity index (χ0v) is 57.6. The van der Waals surface area contributed by atoms with Crippen LogP contribution in [0.25, 0.3) is 0 Å². The van der Waals surface area contributed by atoms with E-state index in [1.165, 1.54) is 212 Å². The summed E-state index contributed by atoms with van der Waals surface area (Å²) in [6.07, 6.45) is 92.4. The van der Waals surface area contributed by atoms with Crippen molar-refractivity contribution in [3.8, 4) is 0 Å².